The highest BCUT2D eigenvalue weighted by Crippen LogP contribution is 2.40. The van der Waals surface area contributed by atoms with E-state index in [2.05, 4.69) is 10.1 Å². The van der Waals surface area contributed by atoms with Gasteiger partial charge in [0.1, 0.15) is 0 Å². The second-order valence-corrected chi connectivity index (χ2v) is 7.24. The quantitative estimate of drug-likeness (QED) is 0.490. The Morgan fingerprint density at radius 3 is 2.74 bits per heavy atom. The Morgan fingerprint density at radius 2 is 2.04 bits per heavy atom. The van der Waals surface area contributed by atoms with Crippen molar-refractivity contribution in [3.05, 3.63) is 59.1 Å². The van der Waals surface area contributed by atoms with Crippen molar-refractivity contribution < 1.29 is 14.6 Å². The fraction of sp³-hybridized carbons (Fsp3) is 0.158. The summed E-state index contributed by atoms with van der Waals surface area (Å²) < 4.78 is 1.58. The maximum absolute atomic E-state index is 12.8. The lowest BCUT2D eigenvalue weighted by atomic mass is 10.0. The predicted molar refractivity (Wildman–Crippen MR) is 102 cm³/mol. The fourth-order valence-corrected chi connectivity index (χ4v) is 3.87. The number of para-hydroxylation sites is 1. The smallest absolute Gasteiger partial charge is 0.293 e. The first-order valence-corrected chi connectivity index (χ1v) is 9.81. The summed E-state index contributed by atoms with van der Waals surface area (Å²) in [4.78, 5) is 18.3. The number of aromatic nitrogens is 3. The molecule has 3 aromatic rings. The van der Waals surface area contributed by atoms with E-state index in [4.69, 9.17) is 11.6 Å². The van der Waals surface area contributed by atoms with Crippen molar-refractivity contribution in [1.29, 1.82) is 0 Å². The molecule has 1 aliphatic rings. The Kier molecular flexibility index (Phi) is 4.49. The van der Waals surface area contributed by atoms with Crippen LogP contribution in [0.15, 0.2) is 53.7 Å². The number of carbonyl (C=O) groups excluding carboxylic acids is 1. The number of hydrogen-bond donors (Lipinski definition) is 0. The average molecular weight is 399 g/mol. The van der Waals surface area contributed by atoms with E-state index in [1.165, 1.54) is 18.7 Å². The molecule has 2 aromatic carbocycles. The van der Waals surface area contributed by atoms with Crippen LogP contribution in [0.4, 0.5) is 5.69 Å². The van der Waals surface area contributed by atoms with Gasteiger partial charge in [-0.2, -0.15) is 0 Å². The summed E-state index contributed by atoms with van der Waals surface area (Å²) >= 11 is 7.47. The first kappa shape index (κ1) is 17.8. The molecule has 2 heterocycles. The number of anilines is 1. The summed E-state index contributed by atoms with van der Waals surface area (Å²) in [5, 5.41) is 18.2. The predicted octanol–water partition coefficient (Wildman–Crippen LogP) is 2.79. The van der Waals surface area contributed by atoms with Crippen LogP contribution < -0.4 is 14.7 Å². The Balaban J connectivity index is 2.09. The summed E-state index contributed by atoms with van der Waals surface area (Å²) in [5.74, 6) is -0.542. The van der Waals surface area contributed by atoms with Crippen molar-refractivity contribution in [2.24, 2.45) is 0 Å². The first-order chi connectivity index (χ1) is 13.0. The summed E-state index contributed by atoms with van der Waals surface area (Å²) in [6.07, 6.45) is 1.17. The standard InChI is InChI=1S/C19H15ClN4O2S/c1-11(25)23-15-9-4-3-8-14(15)16-17(26)21-19(27-2)22-24(16)18(23)12-6-5-7-13(20)10-12/h3-10,18H,1-2H3. The van der Waals surface area contributed by atoms with Gasteiger partial charge in [-0.25, -0.2) is 9.88 Å². The van der Waals surface area contributed by atoms with Crippen LogP contribution in [-0.4, -0.2) is 22.2 Å². The molecule has 1 aromatic heterocycles. The number of thioether (sulfide) groups is 1. The molecule has 1 aliphatic heterocycles. The molecule has 0 spiro atoms. The third kappa shape index (κ3) is 2.93. The number of benzene rings is 2. The van der Waals surface area contributed by atoms with Gasteiger partial charge in [0, 0.05) is 22.6 Å². The van der Waals surface area contributed by atoms with Crippen molar-refractivity contribution in [2.45, 2.75) is 18.2 Å². The SMILES string of the molecule is CSc1nc([O-])c2[n+](n1)C(c1cccc(Cl)c1)N(C(C)=O)c1ccccc1-2. The zero-order valence-corrected chi connectivity index (χ0v) is 16.2. The van der Waals surface area contributed by atoms with Gasteiger partial charge < -0.3 is 5.11 Å². The number of carbonyl (C=O) groups is 1. The second kappa shape index (κ2) is 6.83. The molecule has 0 saturated carbocycles. The van der Waals surface area contributed by atoms with Crippen LogP contribution in [-0.2, 0) is 4.79 Å². The highest BCUT2D eigenvalue weighted by Gasteiger charge is 2.43. The van der Waals surface area contributed by atoms with Gasteiger partial charge >= 0.3 is 0 Å². The lowest BCUT2D eigenvalue weighted by molar-refractivity contribution is -0.764. The summed E-state index contributed by atoms with van der Waals surface area (Å²) in [6, 6.07) is 14.5. The van der Waals surface area contributed by atoms with Crippen molar-refractivity contribution in [2.75, 3.05) is 11.2 Å². The zero-order chi connectivity index (χ0) is 19.1. The Labute approximate surface area is 165 Å². The molecular formula is C19H15ClN4O2S. The number of nitrogens with zero attached hydrogens (tertiary/aromatic N) is 4. The number of rotatable bonds is 2. The van der Waals surface area contributed by atoms with Gasteiger partial charge in [0.25, 0.3) is 17.0 Å². The van der Waals surface area contributed by atoms with Crippen LogP contribution in [0.2, 0.25) is 5.02 Å². The molecular weight excluding hydrogens is 384 g/mol. The summed E-state index contributed by atoms with van der Waals surface area (Å²) in [7, 11) is 0. The number of amides is 1. The molecule has 0 N–H and O–H groups in total. The van der Waals surface area contributed by atoms with E-state index in [1.807, 2.05) is 30.3 Å². The highest BCUT2D eigenvalue weighted by atomic mass is 35.5. The summed E-state index contributed by atoms with van der Waals surface area (Å²) in [6.45, 7) is 1.49. The van der Waals surface area contributed by atoms with E-state index in [0.29, 0.717) is 27.1 Å². The van der Waals surface area contributed by atoms with Crippen LogP contribution in [0, 0.1) is 0 Å². The van der Waals surface area contributed by atoms with E-state index in [-0.39, 0.29) is 11.8 Å². The maximum Gasteiger partial charge on any atom is 0.293 e. The van der Waals surface area contributed by atoms with E-state index < -0.39 is 6.17 Å². The van der Waals surface area contributed by atoms with Crippen LogP contribution in [0.1, 0.15) is 18.7 Å². The van der Waals surface area contributed by atoms with Crippen LogP contribution >= 0.6 is 23.4 Å². The van der Waals surface area contributed by atoms with Gasteiger partial charge in [-0.1, -0.05) is 52.3 Å². The monoisotopic (exact) mass is 398 g/mol. The third-order valence-electron chi connectivity index (χ3n) is 4.39. The van der Waals surface area contributed by atoms with Crippen molar-refractivity contribution in [1.82, 2.24) is 10.1 Å². The lowest BCUT2D eigenvalue weighted by Gasteiger charge is -2.32. The Hall–Kier alpha value is -2.64. The maximum atomic E-state index is 12.8. The molecule has 4 rings (SSSR count). The zero-order valence-electron chi connectivity index (χ0n) is 14.6. The van der Waals surface area contributed by atoms with E-state index in [1.54, 1.807) is 34.0 Å². The molecule has 1 atom stereocenters. The van der Waals surface area contributed by atoms with Gasteiger partial charge in [0.15, 0.2) is 0 Å². The topological polar surface area (TPSA) is 73.0 Å². The summed E-state index contributed by atoms with van der Waals surface area (Å²) in [5.41, 5.74) is 2.38. The van der Waals surface area contributed by atoms with E-state index >= 15 is 0 Å². The fourth-order valence-electron chi connectivity index (χ4n) is 3.33. The molecule has 0 radical (unpaired) electrons. The van der Waals surface area contributed by atoms with Gasteiger partial charge in [0.05, 0.1) is 17.1 Å². The van der Waals surface area contributed by atoms with Crippen molar-refractivity contribution in [3.63, 3.8) is 0 Å². The number of halogens is 1. The average Bonchev–Trinajstić information content (AvgIpc) is 2.66. The first-order valence-electron chi connectivity index (χ1n) is 8.21. The van der Waals surface area contributed by atoms with E-state index in [0.717, 1.165) is 5.56 Å². The molecule has 136 valence electrons. The third-order valence-corrected chi connectivity index (χ3v) is 5.16. The molecule has 27 heavy (non-hydrogen) atoms. The van der Waals surface area contributed by atoms with Crippen LogP contribution in [0.5, 0.6) is 5.88 Å². The molecule has 1 unspecified atom stereocenters. The molecule has 0 bridgehead atoms. The molecule has 8 heteroatoms. The molecule has 0 saturated heterocycles. The van der Waals surface area contributed by atoms with Crippen LogP contribution in [0.25, 0.3) is 11.3 Å². The second-order valence-electron chi connectivity index (χ2n) is 6.03. The molecule has 6 nitrogen and oxygen atoms in total. The van der Waals surface area contributed by atoms with Gasteiger partial charge in [0.2, 0.25) is 5.91 Å². The lowest BCUT2D eigenvalue weighted by Crippen LogP contribution is -2.58. The number of hydrogen-bond acceptors (Lipinski definition) is 5. The number of fused-ring (bicyclic) bond motifs is 3. The van der Waals surface area contributed by atoms with Crippen LogP contribution in [0.3, 0.4) is 0 Å². The van der Waals surface area contributed by atoms with Gasteiger partial charge in [-0.15, -0.1) is 0 Å². The minimum atomic E-state index is -0.632. The van der Waals surface area contributed by atoms with Gasteiger partial charge in [-0.3, -0.25) is 4.79 Å². The minimum absolute atomic E-state index is 0.165. The van der Waals surface area contributed by atoms with Gasteiger partial charge in [-0.05, 0) is 30.5 Å². The normalized spacial score (nSPS) is 15.2. The Bertz CT molecular complexity index is 1060. The van der Waals surface area contributed by atoms with E-state index in [9.17, 15) is 9.90 Å². The highest BCUT2D eigenvalue weighted by molar-refractivity contribution is 7.98. The molecule has 0 fully saturated rings. The van der Waals surface area contributed by atoms with Crippen molar-refractivity contribution in [3.8, 4) is 17.1 Å². The van der Waals surface area contributed by atoms with Crippen molar-refractivity contribution >= 4 is 35.0 Å². The Morgan fingerprint density at radius 1 is 1.26 bits per heavy atom. The minimum Gasteiger partial charge on any atom is -0.854 e. The largest absolute Gasteiger partial charge is 0.854 e. The molecule has 0 aliphatic carbocycles. The molecule has 1 amide bonds.